The van der Waals surface area contributed by atoms with Crippen molar-refractivity contribution in [3.05, 3.63) is 71.9 Å². The third-order valence-electron chi connectivity index (χ3n) is 4.83. The maximum Gasteiger partial charge on any atom is 0.416 e. The van der Waals surface area contributed by atoms with Crippen molar-refractivity contribution in [2.45, 2.75) is 18.1 Å². The summed E-state index contributed by atoms with van der Waals surface area (Å²) < 4.78 is 43.7. The molecule has 6 nitrogen and oxygen atoms in total. The summed E-state index contributed by atoms with van der Waals surface area (Å²) in [6.45, 7) is 1.90. The highest BCUT2D eigenvalue weighted by molar-refractivity contribution is 7.99. The van der Waals surface area contributed by atoms with Crippen LogP contribution in [0.2, 0.25) is 0 Å². The highest BCUT2D eigenvalue weighted by Crippen LogP contribution is 2.35. The average molecular weight is 517 g/mol. The number of nitrogens with one attached hydrogen (secondary N) is 1. The molecule has 0 saturated carbocycles. The molecule has 0 spiro atoms. The van der Waals surface area contributed by atoms with Gasteiger partial charge in [-0.1, -0.05) is 17.8 Å². The van der Waals surface area contributed by atoms with Crippen LogP contribution in [0.25, 0.3) is 21.1 Å². The number of nitrogens with zero attached hydrogens (tertiary/aromatic N) is 3. The number of aryl methyl sites for hydroxylation is 1. The second kappa shape index (κ2) is 10.4. The lowest BCUT2D eigenvalue weighted by atomic mass is 10.2. The van der Waals surface area contributed by atoms with Crippen LogP contribution in [0.1, 0.15) is 11.3 Å². The summed E-state index contributed by atoms with van der Waals surface area (Å²) in [6, 6.07) is 15.7. The van der Waals surface area contributed by atoms with Crippen molar-refractivity contribution in [1.82, 2.24) is 15.2 Å². The summed E-state index contributed by atoms with van der Waals surface area (Å²) in [5.41, 5.74) is 1.73. The zero-order valence-electron chi connectivity index (χ0n) is 18.6. The molecule has 4 aromatic rings. The number of methoxy groups -OCH3 is 1. The third-order valence-corrected chi connectivity index (χ3v) is 6.98. The Bertz CT molecular complexity index is 1320. The monoisotopic (exact) mass is 516 g/mol. The zero-order chi connectivity index (χ0) is 25.0. The molecule has 0 bridgehead atoms. The van der Waals surface area contributed by atoms with Crippen molar-refractivity contribution in [3.8, 4) is 26.9 Å². The summed E-state index contributed by atoms with van der Waals surface area (Å²) in [5.74, 6) is 0.304. The van der Waals surface area contributed by atoms with Crippen LogP contribution in [-0.2, 0) is 11.0 Å². The number of hydrogen-bond acceptors (Lipinski definition) is 7. The number of aromatic nitrogens is 3. The minimum atomic E-state index is -4.47. The van der Waals surface area contributed by atoms with E-state index < -0.39 is 17.6 Å². The summed E-state index contributed by atoms with van der Waals surface area (Å²) in [5, 5.41) is 12.3. The molecule has 11 heteroatoms. The minimum absolute atomic E-state index is 0.0223. The van der Waals surface area contributed by atoms with E-state index in [2.05, 4.69) is 20.5 Å². The van der Waals surface area contributed by atoms with E-state index in [9.17, 15) is 18.0 Å². The number of anilines is 1. The van der Waals surface area contributed by atoms with Crippen LogP contribution < -0.4 is 10.1 Å². The first-order valence-electron chi connectivity index (χ1n) is 10.3. The summed E-state index contributed by atoms with van der Waals surface area (Å²) in [6.07, 6.45) is -4.47. The first-order valence-corrected chi connectivity index (χ1v) is 12.1. The average Bonchev–Trinajstić information content (AvgIpc) is 3.24. The predicted molar refractivity (Wildman–Crippen MR) is 131 cm³/mol. The van der Waals surface area contributed by atoms with Crippen LogP contribution in [0.15, 0.2) is 65.7 Å². The minimum Gasteiger partial charge on any atom is -0.497 e. The molecule has 0 atom stereocenters. The van der Waals surface area contributed by atoms with E-state index in [1.54, 1.807) is 19.2 Å². The normalized spacial score (nSPS) is 11.3. The summed E-state index contributed by atoms with van der Waals surface area (Å²) in [7, 11) is 1.62. The van der Waals surface area contributed by atoms with E-state index in [0.717, 1.165) is 50.8 Å². The van der Waals surface area contributed by atoms with Gasteiger partial charge in [-0.15, -0.1) is 21.5 Å². The number of halogens is 3. The molecule has 0 unspecified atom stereocenters. The second-order valence-corrected chi connectivity index (χ2v) is 9.33. The highest BCUT2D eigenvalue weighted by Gasteiger charge is 2.30. The van der Waals surface area contributed by atoms with Crippen LogP contribution in [-0.4, -0.2) is 34.0 Å². The largest absolute Gasteiger partial charge is 0.497 e. The fraction of sp³-hybridized carbons (Fsp3) is 0.167. The van der Waals surface area contributed by atoms with Crippen molar-refractivity contribution in [1.29, 1.82) is 0 Å². The fourth-order valence-electron chi connectivity index (χ4n) is 3.12. The molecule has 0 aliphatic rings. The van der Waals surface area contributed by atoms with E-state index in [1.807, 2.05) is 31.2 Å². The second-order valence-electron chi connectivity index (χ2n) is 7.33. The van der Waals surface area contributed by atoms with Crippen LogP contribution in [0, 0.1) is 6.92 Å². The number of rotatable bonds is 7. The van der Waals surface area contributed by atoms with Gasteiger partial charge in [0.2, 0.25) is 5.91 Å². The molecule has 0 saturated heterocycles. The molecule has 4 rings (SSSR count). The highest BCUT2D eigenvalue weighted by atomic mass is 32.2. The molecule has 2 aromatic carbocycles. The number of amides is 1. The maximum absolute atomic E-state index is 12.8. The lowest BCUT2D eigenvalue weighted by Crippen LogP contribution is -2.15. The number of thiazole rings is 1. The van der Waals surface area contributed by atoms with Gasteiger partial charge in [-0.05, 0) is 61.5 Å². The van der Waals surface area contributed by atoms with Gasteiger partial charge < -0.3 is 10.1 Å². The molecule has 1 amide bonds. The molecule has 1 N–H and O–H groups in total. The van der Waals surface area contributed by atoms with Gasteiger partial charge in [0.25, 0.3) is 0 Å². The van der Waals surface area contributed by atoms with Gasteiger partial charge in [0.05, 0.1) is 29.0 Å². The Hall–Kier alpha value is -3.44. The molecule has 0 radical (unpaired) electrons. The Morgan fingerprint density at radius 1 is 1.09 bits per heavy atom. The van der Waals surface area contributed by atoms with Gasteiger partial charge in [0, 0.05) is 11.3 Å². The summed E-state index contributed by atoms with van der Waals surface area (Å²) >= 11 is 2.64. The van der Waals surface area contributed by atoms with Crippen molar-refractivity contribution < 1.29 is 22.7 Å². The molecule has 0 aliphatic heterocycles. The Balaban J connectivity index is 1.38. The van der Waals surface area contributed by atoms with Crippen molar-refractivity contribution >= 4 is 34.7 Å². The summed E-state index contributed by atoms with van der Waals surface area (Å²) in [4.78, 5) is 17.7. The van der Waals surface area contributed by atoms with E-state index in [4.69, 9.17) is 4.74 Å². The fourth-order valence-corrected chi connectivity index (χ4v) is 4.77. The lowest BCUT2D eigenvalue weighted by Gasteiger charge is -2.09. The zero-order valence-corrected chi connectivity index (χ0v) is 20.2. The Morgan fingerprint density at radius 3 is 2.51 bits per heavy atom. The molecular weight excluding hydrogens is 497 g/mol. The van der Waals surface area contributed by atoms with Crippen molar-refractivity contribution in [3.63, 3.8) is 0 Å². The molecule has 2 aromatic heterocycles. The SMILES string of the molecule is COc1ccc(-c2nc(C)c(-c3ccc(SCC(=O)Nc4cccc(C(F)(F)F)c4)nn3)s2)cc1. The van der Waals surface area contributed by atoms with Crippen LogP contribution in [0.4, 0.5) is 18.9 Å². The Labute approximate surface area is 207 Å². The van der Waals surface area contributed by atoms with Gasteiger partial charge >= 0.3 is 6.18 Å². The Morgan fingerprint density at radius 2 is 1.86 bits per heavy atom. The van der Waals surface area contributed by atoms with E-state index in [-0.39, 0.29) is 11.4 Å². The van der Waals surface area contributed by atoms with E-state index in [1.165, 1.54) is 23.5 Å². The molecule has 0 fully saturated rings. The number of benzene rings is 2. The molecule has 2 heterocycles. The van der Waals surface area contributed by atoms with Crippen LogP contribution in [0.5, 0.6) is 5.75 Å². The van der Waals surface area contributed by atoms with E-state index in [0.29, 0.717) is 10.7 Å². The van der Waals surface area contributed by atoms with Gasteiger partial charge in [-0.3, -0.25) is 4.79 Å². The number of thioether (sulfide) groups is 1. The third kappa shape index (κ3) is 6.17. The topological polar surface area (TPSA) is 77.0 Å². The number of alkyl halides is 3. The maximum atomic E-state index is 12.8. The first kappa shape index (κ1) is 24.7. The van der Waals surface area contributed by atoms with Crippen molar-refractivity contribution in [2.75, 3.05) is 18.2 Å². The van der Waals surface area contributed by atoms with Gasteiger partial charge in [0.15, 0.2) is 0 Å². The lowest BCUT2D eigenvalue weighted by molar-refractivity contribution is -0.137. The molecule has 35 heavy (non-hydrogen) atoms. The standard InChI is InChI=1S/C24H19F3N4O2S2/c1-14-22(35-23(28-14)15-6-8-18(33-2)9-7-15)19-10-11-21(31-30-19)34-13-20(32)29-17-5-3-4-16(12-17)24(25,26)27/h3-12H,13H2,1-2H3,(H,29,32). The predicted octanol–water partition coefficient (Wildman–Crippen LogP) is 6.33. The van der Waals surface area contributed by atoms with Gasteiger partial charge in [-0.25, -0.2) is 4.98 Å². The van der Waals surface area contributed by atoms with Crippen LogP contribution >= 0.6 is 23.1 Å². The Kier molecular flexibility index (Phi) is 7.37. The van der Waals surface area contributed by atoms with E-state index >= 15 is 0 Å². The number of carbonyl (C=O) groups is 1. The quantitative estimate of drug-likeness (QED) is 0.289. The number of ether oxygens (including phenoxy) is 1. The molecule has 0 aliphatic carbocycles. The van der Waals surface area contributed by atoms with Crippen LogP contribution in [0.3, 0.4) is 0 Å². The number of hydrogen-bond donors (Lipinski definition) is 1. The molecular formula is C24H19F3N4O2S2. The first-order chi connectivity index (χ1) is 16.7. The number of carbonyl (C=O) groups excluding carboxylic acids is 1. The molecule has 180 valence electrons. The van der Waals surface area contributed by atoms with Gasteiger partial charge in [-0.2, -0.15) is 13.2 Å². The van der Waals surface area contributed by atoms with Crippen molar-refractivity contribution in [2.24, 2.45) is 0 Å². The van der Waals surface area contributed by atoms with Gasteiger partial charge in [0.1, 0.15) is 21.5 Å². The smallest absolute Gasteiger partial charge is 0.416 e.